The molecule has 254 valence electrons. The number of nitrogens with zero attached hydrogens (tertiary/aromatic N) is 1. The van der Waals surface area contributed by atoms with Gasteiger partial charge in [-0.2, -0.15) is 0 Å². The van der Waals surface area contributed by atoms with Crippen LogP contribution in [0.2, 0.25) is 0 Å². The van der Waals surface area contributed by atoms with Crippen molar-refractivity contribution in [2.24, 2.45) is 0 Å². The second-order valence-electron chi connectivity index (χ2n) is 13.7. The Hall–Kier alpha value is -7.16. The summed E-state index contributed by atoms with van der Waals surface area (Å²) in [6, 6.07) is 75.9. The van der Waals surface area contributed by atoms with E-state index in [9.17, 15) is 0 Å². The molecule has 10 aromatic rings. The number of furan rings is 1. The van der Waals surface area contributed by atoms with Crippen LogP contribution in [0.5, 0.6) is 0 Å². The van der Waals surface area contributed by atoms with Gasteiger partial charge in [0, 0.05) is 27.4 Å². The van der Waals surface area contributed by atoms with Crippen LogP contribution in [0.4, 0.5) is 17.1 Å². The van der Waals surface area contributed by atoms with E-state index in [0.717, 1.165) is 50.1 Å². The summed E-state index contributed by atoms with van der Waals surface area (Å²) >= 11 is 0. The van der Waals surface area contributed by atoms with E-state index in [1.807, 2.05) is 6.07 Å². The molecule has 0 saturated heterocycles. The fourth-order valence-corrected chi connectivity index (χ4v) is 7.93. The summed E-state index contributed by atoms with van der Waals surface area (Å²) in [4.78, 5) is 2.44. The number of para-hydroxylation sites is 1. The van der Waals surface area contributed by atoms with E-state index in [1.165, 1.54) is 44.2 Å². The zero-order valence-corrected chi connectivity index (χ0v) is 29.6. The molecule has 0 aliphatic carbocycles. The average Bonchev–Trinajstić information content (AvgIpc) is 3.64. The van der Waals surface area contributed by atoms with Crippen molar-refractivity contribution >= 4 is 49.8 Å². The maximum absolute atomic E-state index is 6.53. The van der Waals surface area contributed by atoms with E-state index >= 15 is 0 Å². The Morgan fingerprint density at radius 3 is 1.43 bits per heavy atom. The standard InChI is InChI=1S/C52H35NO/c1-4-14-36(15-5-1)38-24-26-41(27-25-38)51-48(34-35-50-52(51)46-22-12-13-23-49(46)54-50)53(42-30-28-39(29-31-42)37-16-6-2-7-17-37)47-33-32-43(40-18-8-3-9-19-40)44-20-10-11-21-45(44)47/h1-35H. The SMILES string of the molecule is c1ccc(-c2ccc(-c3c(N(c4ccc(-c5ccccc5)cc4)c4ccc(-c5ccccc5)c5ccccc45)ccc4oc5ccccc5c34)cc2)cc1. The minimum absolute atomic E-state index is 0.866. The summed E-state index contributed by atoms with van der Waals surface area (Å²) in [7, 11) is 0. The van der Waals surface area contributed by atoms with Gasteiger partial charge in [0.15, 0.2) is 0 Å². The quantitative estimate of drug-likeness (QED) is 0.166. The highest BCUT2D eigenvalue weighted by Gasteiger charge is 2.24. The first-order valence-electron chi connectivity index (χ1n) is 18.4. The zero-order valence-electron chi connectivity index (χ0n) is 29.6. The molecule has 0 unspecified atom stereocenters. The minimum Gasteiger partial charge on any atom is -0.456 e. The van der Waals surface area contributed by atoms with Crippen molar-refractivity contribution in [1.29, 1.82) is 0 Å². The van der Waals surface area contributed by atoms with Crippen LogP contribution in [-0.4, -0.2) is 0 Å². The molecule has 0 spiro atoms. The third-order valence-corrected chi connectivity index (χ3v) is 10.5. The van der Waals surface area contributed by atoms with Gasteiger partial charge in [0.1, 0.15) is 11.2 Å². The molecule has 10 rings (SSSR count). The molecule has 0 amide bonds. The maximum atomic E-state index is 6.53. The van der Waals surface area contributed by atoms with Crippen LogP contribution < -0.4 is 4.90 Å². The molecule has 1 aromatic heterocycles. The molecule has 0 fully saturated rings. The van der Waals surface area contributed by atoms with Gasteiger partial charge in [-0.05, 0) is 80.7 Å². The largest absolute Gasteiger partial charge is 0.456 e. The normalized spacial score (nSPS) is 11.3. The number of fused-ring (bicyclic) bond motifs is 4. The van der Waals surface area contributed by atoms with Gasteiger partial charge in [-0.1, -0.05) is 176 Å². The lowest BCUT2D eigenvalue weighted by molar-refractivity contribution is 0.669. The fraction of sp³-hybridized carbons (Fsp3) is 0. The topological polar surface area (TPSA) is 16.4 Å². The zero-order chi connectivity index (χ0) is 35.8. The van der Waals surface area contributed by atoms with Crippen LogP contribution in [0.15, 0.2) is 217 Å². The van der Waals surface area contributed by atoms with Crippen molar-refractivity contribution in [3.05, 3.63) is 212 Å². The molecule has 0 N–H and O–H groups in total. The summed E-state index contributed by atoms with van der Waals surface area (Å²) in [6.07, 6.45) is 0. The maximum Gasteiger partial charge on any atom is 0.136 e. The van der Waals surface area contributed by atoms with Gasteiger partial charge in [0.2, 0.25) is 0 Å². The second-order valence-corrected chi connectivity index (χ2v) is 13.7. The molecule has 0 bridgehead atoms. The van der Waals surface area contributed by atoms with E-state index in [2.05, 4.69) is 211 Å². The first kappa shape index (κ1) is 31.6. The Kier molecular flexibility index (Phi) is 7.85. The van der Waals surface area contributed by atoms with Gasteiger partial charge < -0.3 is 9.32 Å². The molecule has 1 heterocycles. The van der Waals surface area contributed by atoms with Crippen molar-refractivity contribution in [1.82, 2.24) is 0 Å². The fourth-order valence-electron chi connectivity index (χ4n) is 7.93. The predicted octanol–water partition coefficient (Wildman–Crippen LogP) is 14.9. The van der Waals surface area contributed by atoms with Crippen LogP contribution in [0, 0.1) is 0 Å². The molecule has 54 heavy (non-hydrogen) atoms. The van der Waals surface area contributed by atoms with Crippen molar-refractivity contribution in [2.45, 2.75) is 0 Å². The summed E-state index contributed by atoms with van der Waals surface area (Å²) in [5.74, 6) is 0. The van der Waals surface area contributed by atoms with E-state index in [4.69, 9.17) is 4.42 Å². The Morgan fingerprint density at radius 2 is 0.778 bits per heavy atom. The van der Waals surface area contributed by atoms with Gasteiger partial charge in [-0.3, -0.25) is 0 Å². The number of benzene rings is 9. The monoisotopic (exact) mass is 689 g/mol. The van der Waals surface area contributed by atoms with E-state index in [0.29, 0.717) is 0 Å². The van der Waals surface area contributed by atoms with Crippen LogP contribution in [-0.2, 0) is 0 Å². The number of anilines is 3. The second kappa shape index (κ2) is 13.4. The summed E-state index contributed by atoms with van der Waals surface area (Å²) < 4.78 is 6.53. The van der Waals surface area contributed by atoms with E-state index in [1.54, 1.807) is 0 Å². The number of hydrogen-bond donors (Lipinski definition) is 0. The highest BCUT2D eigenvalue weighted by Crippen LogP contribution is 2.49. The van der Waals surface area contributed by atoms with Gasteiger partial charge >= 0.3 is 0 Å². The third-order valence-electron chi connectivity index (χ3n) is 10.5. The van der Waals surface area contributed by atoms with E-state index in [-0.39, 0.29) is 0 Å². The number of rotatable bonds is 7. The van der Waals surface area contributed by atoms with Crippen molar-refractivity contribution in [3.63, 3.8) is 0 Å². The van der Waals surface area contributed by atoms with Crippen molar-refractivity contribution in [2.75, 3.05) is 4.90 Å². The summed E-state index contributed by atoms with van der Waals surface area (Å²) in [6.45, 7) is 0. The Balaban J connectivity index is 1.25. The summed E-state index contributed by atoms with van der Waals surface area (Å²) in [5, 5.41) is 4.58. The van der Waals surface area contributed by atoms with Crippen LogP contribution in [0.3, 0.4) is 0 Å². The molecule has 0 saturated carbocycles. The average molecular weight is 690 g/mol. The molecule has 0 atom stereocenters. The van der Waals surface area contributed by atoms with Crippen LogP contribution in [0.1, 0.15) is 0 Å². The lowest BCUT2D eigenvalue weighted by atomic mass is 9.93. The third kappa shape index (κ3) is 5.53. The Labute approximate surface area is 314 Å². The Morgan fingerprint density at radius 1 is 0.296 bits per heavy atom. The van der Waals surface area contributed by atoms with Gasteiger partial charge in [-0.25, -0.2) is 0 Å². The minimum atomic E-state index is 0.866. The van der Waals surface area contributed by atoms with Gasteiger partial charge in [-0.15, -0.1) is 0 Å². The van der Waals surface area contributed by atoms with E-state index < -0.39 is 0 Å². The highest BCUT2D eigenvalue weighted by atomic mass is 16.3. The first-order valence-corrected chi connectivity index (χ1v) is 18.4. The van der Waals surface area contributed by atoms with Gasteiger partial charge in [0.25, 0.3) is 0 Å². The lowest BCUT2D eigenvalue weighted by Gasteiger charge is -2.30. The van der Waals surface area contributed by atoms with Gasteiger partial charge in [0.05, 0.1) is 11.4 Å². The van der Waals surface area contributed by atoms with Crippen LogP contribution in [0.25, 0.3) is 77.2 Å². The molecular formula is C52H35NO. The lowest BCUT2D eigenvalue weighted by Crippen LogP contribution is -2.12. The first-order chi connectivity index (χ1) is 26.8. The number of hydrogen-bond acceptors (Lipinski definition) is 2. The molecule has 9 aromatic carbocycles. The van der Waals surface area contributed by atoms with Crippen LogP contribution >= 0.6 is 0 Å². The Bertz CT molecular complexity index is 2890. The van der Waals surface area contributed by atoms with Crippen molar-refractivity contribution < 1.29 is 4.42 Å². The molecule has 0 radical (unpaired) electrons. The summed E-state index contributed by atoms with van der Waals surface area (Å²) in [5.41, 5.74) is 14.4. The highest BCUT2D eigenvalue weighted by molar-refractivity contribution is 6.17. The molecule has 2 nitrogen and oxygen atoms in total. The smallest absolute Gasteiger partial charge is 0.136 e. The molecule has 0 aliphatic rings. The molecule has 2 heteroatoms. The van der Waals surface area contributed by atoms with Crippen molar-refractivity contribution in [3.8, 4) is 44.5 Å². The predicted molar refractivity (Wildman–Crippen MR) is 228 cm³/mol. The molecule has 0 aliphatic heterocycles. The molecular weight excluding hydrogens is 655 g/mol.